The molecule has 2 aromatic rings. The quantitative estimate of drug-likeness (QED) is 0.751. The van der Waals surface area contributed by atoms with E-state index < -0.39 is 0 Å². The van der Waals surface area contributed by atoms with Gasteiger partial charge in [-0.25, -0.2) is 4.68 Å². The second kappa shape index (κ2) is 8.14. The number of aromatic nitrogens is 4. The van der Waals surface area contributed by atoms with Gasteiger partial charge in [-0.05, 0) is 35.2 Å². The number of thioether (sulfide) groups is 1. The van der Waals surface area contributed by atoms with Crippen LogP contribution in [0.5, 0.6) is 0 Å². The van der Waals surface area contributed by atoms with Gasteiger partial charge < -0.3 is 5.32 Å². The second-order valence-electron chi connectivity index (χ2n) is 4.57. The van der Waals surface area contributed by atoms with Crippen LogP contribution in [-0.2, 0) is 17.8 Å². The fourth-order valence-electron chi connectivity index (χ4n) is 1.70. The third-order valence-electron chi connectivity index (χ3n) is 2.85. The van der Waals surface area contributed by atoms with Gasteiger partial charge in [0.25, 0.3) is 0 Å². The summed E-state index contributed by atoms with van der Waals surface area (Å²) in [4.78, 5) is 13.2. The average Bonchev–Trinajstić information content (AvgIpc) is 3.13. The number of rotatable bonds is 8. The molecule has 114 valence electrons. The molecule has 0 fully saturated rings. The molecule has 8 heteroatoms. The largest absolute Gasteiger partial charge is 0.355 e. The summed E-state index contributed by atoms with van der Waals surface area (Å²) in [7, 11) is 0. The number of tetrazole rings is 1. The molecular weight excluding hydrogens is 306 g/mol. The summed E-state index contributed by atoms with van der Waals surface area (Å²) in [6.07, 6.45) is 1.83. The predicted octanol–water partition coefficient (Wildman–Crippen LogP) is 1.98. The van der Waals surface area contributed by atoms with Crippen LogP contribution in [0.25, 0.3) is 0 Å². The number of nitrogens with one attached hydrogen (secondary N) is 1. The highest BCUT2D eigenvalue weighted by atomic mass is 32.2. The van der Waals surface area contributed by atoms with Gasteiger partial charge in [0, 0.05) is 17.8 Å². The summed E-state index contributed by atoms with van der Waals surface area (Å²) >= 11 is 3.12. The van der Waals surface area contributed by atoms with Crippen molar-refractivity contribution in [2.24, 2.45) is 0 Å². The molecule has 0 aliphatic heterocycles. The van der Waals surface area contributed by atoms with Crippen molar-refractivity contribution in [3.8, 4) is 0 Å². The Morgan fingerprint density at radius 3 is 3.14 bits per heavy atom. The minimum Gasteiger partial charge on any atom is -0.355 e. The molecule has 0 aliphatic carbocycles. The Kier molecular flexibility index (Phi) is 6.19. The molecule has 2 heterocycles. The Morgan fingerprint density at radius 2 is 2.43 bits per heavy atom. The van der Waals surface area contributed by atoms with E-state index in [9.17, 15) is 4.79 Å². The normalized spacial score (nSPS) is 12.3. The van der Waals surface area contributed by atoms with Gasteiger partial charge in [-0.1, -0.05) is 24.8 Å². The van der Waals surface area contributed by atoms with Crippen LogP contribution in [0.2, 0.25) is 0 Å². The SMILES string of the molecule is CCCNC(=O)C(C)Sc1nnnn1CCc1cccs1. The number of amides is 1. The fourth-order valence-corrected chi connectivity index (χ4v) is 3.23. The summed E-state index contributed by atoms with van der Waals surface area (Å²) in [6.45, 7) is 5.32. The van der Waals surface area contributed by atoms with Crippen LogP contribution in [0.4, 0.5) is 0 Å². The molecule has 2 aromatic heterocycles. The molecule has 1 amide bonds. The van der Waals surface area contributed by atoms with Gasteiger partial charge in [-0.3, -0.25) is 4.79 Å². The van der Waals surface area contributed by atoms with E-state index in [-0.39, 0.29) is 11.2 Å². The highest BCUT2D eigenvalue weighted by Crippen LogP contribution is 2.20. The fraction of sp³-hybridized carbons (Fsp3) is 0.538. The Balaban J connectivity index is 1.89. The van der Waals surface area contributed by atoms with E-state index in [0.29, 0.717) is 11.7 Å². The monoisotopic (exact) mass is 325 g/mol. The van der Waals surface area contributed by atoms with Crippen LogP contribution in [0.1, 0.15) is 25.1 Å². The highest BCUT2D eigenvalue weighted by molar-refractivity contribution is 8.00. The van der Waals surface area contributed by atoms with E-state index in [4.69, 9.17) is 0 Å². The molecule has 6 nitrogen and oxygen atoms in total. The van der Waals surface area contributed by atoms with Crippen LogP contribution in [-0.4, -0.2) is 37.9 Å². The van der Waals surface area contributed by atoms with Gasteiger partial charge in [0.2, 0.25) is 11.1 Å². The van der Waals surface area contributed by atoms with Crippen molar-refractivity contribution in [2.75, 3.05) is 6.54 Å². The highest BCUT2D eigenvalue weighted by Gasteiger charge is 2.18. The molecule has 0 saturated heterocycles. The van der Waals surface area contributed by atoms with Gasteiger partial charge >= 0.3 is 0 Å². The van der Waals surface area contributed by atoms with Gasteiger partial charge in [-0.15, -0.1) is 16.4 Å². The summed E-state index contributed by atoms with van der Waals surface area (Å²) < 4.78 is 1.76. The maximum absolute atomic E-state index is 11.9. The maximum atomic E-state index is 11.9. The third kappa shape index (κ3) is 4.82. The standard InChI is InChI=1S/C13H19N5OS2/c1-3-7-14-12(19)10(2)21-13-15-16-17-18(13)8-6-11-5-4-9-20-11/h4-5,9-10H,3,6-8H2,1-2H3,(H,14,19). The topological polar surface area (TPSA) is 72.7 Å². The molecule has 0 radical (unpaired) electrons. The van der Waals surface area contributed by atoms with Crippen LogP contribution in [0.15, 0.2) is 22.7 Å². The van der Waals surface area contributed by atoms with Crippen molar-refractivity contribution in [3.05, 3.63) is 22.4 Å². The summed E-state index contributed by atoms with van der Waals surface area (Å²) in [5, 5.41) is 17.1. The average molecular weight is 325 g/mol. The van der Waals surface area contributed by atoms with Gasteiger partial charge in [0.1, 0.15) is 0 Å². The maximum Gasteiger partial charge on any atom is 0.233 e. The lowest BCUT2D eigenvalue weighted by Gasteiger charge is -2.10. The number of aryl methyl sites for hydroxylation is 2. The minimum atomic E-state index is -0.206. The van der Waals surface area contributed by atoms with E-state index in [1.807, 2.05) is 19.9 Å². The zero-order valence-electron chi connectivity index (χ0n) is 12.2. The first-order chi connectivity index (χ1) is 10.2. The summed E-state index contributed by atoms with van der Waals surface area (Å²) in [5.41, 5.74) is 0. The lowest BCUT2D eigenvalue weighted by Crippen LogP contribution is -2.31. The van der Waals surface area contributed by atoms with E-state index in [2.05, 4.69) is 32.3 Å². The Hall–Kier alpha value is -1.41. The van der Waals surface area contributed by atoms with E-state index in [0.717, 1.165) is 19.4 Å². The van der Waals surface area contributed by atoms with E-state index in [1.54, 1.807) is 16.0 Å². The zero-order valence-corrected chi connectivity index (χ0v) is 13.8. The number of carbonyl (C=O) groups is 1. The molecule has 2 rings (SSSR count). The van der Waals surface area contributed by atoms with Gasteiger partial charge in [0.15, 0.2) is 0 Å². The van der Waals surface area contributed by atoms with E-state index >= 15 is 0 Å². The van der Waals surface area contributed by atoms with Crippen molar-refractivity contribution >= 4 is 29.0 Å². The number of nitrogens with zero attached hydrogens (tertiary/aromatic N) is 4. The smallest absolute Gasteiger partial charge is 0.233 e. The predicted molar refractivity (Wildman–Crippen MR) is 84.5 cm³/mol. The molecule has 0 bridgehead atoms. The molecule has 0 spiro atoms. The van der Waals surface area contributed by atoms with Crippen molar-refractivity contribution in [1.82, 2.24) is 25.5 Å². The molecule has 0 saturated carbocycles. The van der Waals surface area contributed by atoms with Crippen LogP contribution >= 0.6 is 23.1 Å². The van der Waals surface area contributed by atoms with Gasteiger partial charge in [0.05, 0.1) is 11.8 Å². The number of hydrogen-bond acceptors (Lipinski definition) is 6. The van der Waals surface area contributed by atoms with Crippen LogP contribution < -0.4 is 5.32 Å². The van der Waals surface area contributed by atoms with Crippen molar-refractivity contribution in [2.45, 2.75) is 43.6 Å². The first-order valence-corrected chi connectivity index (χ1v) is 8.69. The molecule has 21 heavy (non-hydrogen) atoms. The van der Waals surface area contributed by atoms with Crippen molar-refractivity contribution < 1.29 is 4.79 Å². The van der Waals surface area contributed by atoms with E-state index in [1.165, 1.54) is 16.6 Å². The summed E-state index contributed by atoms with van der Waals surface area (Å²) in [6, 6.07) is 4.14. The number of thiophene rings is 1. The lowest BCUT2D eigenvalue weighted by molar-refractivity contribution is -0.120. The molecular formula is C13H19N5OS2. The zero-order chi connectivity index (χ0) is 15.1. The van der Waals surface area contributed by atoms with Gasteiger partial charge in [-0.2, -0.15) is 0 Å². The Labute approximate surface area is 132 Å². The van der Waals surface area contributed by atoms with Crippen molar-refractivity contribution in [3.63, 3.8) is 0 Å². The lowest BCUT2D eigenvalue weighted by atomic mass is 10.3. The molecule has 1 unspecified atom stereocenters. The number of carbonyl (C=O) groups excluding carboxylic acids is 1. The molecule has 0 aromatic carbocycles. The van der Waals surface area contributed by atoms with Crippen molar-refractivity contribution in [1.29, 1.82) is 0 Å². The molecule has 0 aliphatic rings. The third-order valence-corrected chi connectivity index (χ3v) is 4.86. The van der Waals surface area contributed by atoms with Crippen LogP contribution in [0, 0.1) is 0 Å². The first-order valence-electron chi connectivity index (χ1n) is 6.93. The van der Waals surface area contributed by atoms with Crippen LogP contribution in [0.3, 0.4) is 0 Å². The molecule has 1 N–H and O–H groups in total. The number of hydrogen-bond donors (Lipinski definition) is 1. The Morgan fingerprint density at radius 1 is 1.57 bits per heavy atom. The minimum absolute atomic E-state index is 0.0228. The first kappa shape index (κ1) is 16.0. The molecule has 1 atom stereocenters. The Bertz CT molecular complexity index is 555. The summed E-state index contributed by atoms with van der Waals surface area (Å²) in [5.74, 6) is 0.0228. The second-order valence-corrected chi connectivity index (χ2v) is 6.91.